The number of aromatic nitrogens is 2. The van der Waals surface area contributed by atoms with E-state index < -0.39 is 0 Å². The van der Waals surface area contributed by atoms with Crippen LogP contribution in [0.3, 0.4) is 0 Å². The molecule has 0 aliphatic carbocycles. The molecule has 0 fully saturated rings. The Bertz CT molecular complexity index is 567. The van der Waals surface area contributed by atoms with Crippen molar-refractivity contribution in [3.05, 3.63) is 36.0 Å². The van der Waals surface area contributed by atoms with Gasteiger partial charge in [0.15, 0.2) is 5.82 Å². The van der Waals surface area contributed by atoms with Crippen LogP contribution < -0.4 is 10.1 Å². The smallest absolute Gasteiger partial charge is 0.165 e. The van der Waals surface area contributed by atoms with Crippen LogP contribution in [-0.2, 0) is 0 Å². The van der Waals surface area contributed by atoms with Gasteiger partial charge in [0.25, 0.3) is 0 Å². The van der Waals surface area contributed by atoms with Crippen molar-refractivity contribution in [3.63, 3.8) is 0 Å². The van der Waals surface area contributed by atoms with Gasteiger partial charge in [-0.15, -0.1) is 0 Å². The van der Waals surface area contributed by atoms with E-state index in [1.807, 2.05) is 58.2 Å². The van der Waals surface area contributed by atoms with Crippen molar-refractivity contribution < 1.29 is 4.74 Å². The topological polar surface area (TPSA) is 47.0 Å². The number of rotatable bonds is 4. The molecule has 1 aromatic carbocycles. The van der Waals surface area contributed by atoms with Crippen LogP contribution in [0.25, 0.3) is 11.4 Å². The van der Waals surface area contributed by atoms with E-state index in [0.29, 0.717) is 5.82 Å². The fourth-order valence-electron chi connectivity index (χ4n) is 1.83. The molecule has 0 saturated carbocycles. The fraction of sp³-hybridized carbons (Fsp3) is 0.333. The van der Waals surface area contributed by atoms with Crippen LogP contribution in [0.15, 0.2) is 30.3 Å². The lowest BCUT2D eigenvalue weighted by molar-refractivity contribution is 0.243. The Morgan fingerprint density at radius 2 is 1.89 bits per heavy atom. The first-order valence-corrected chi connectivity index (χ1v) is 6.39. The molecule has 0 bridgehead atoms. The van der Waals surface area contributed by atoms with Gasteiger partial charge in [0.1, 0.15) is 11.6 Å². The highest BCUT2D eigenvalue weighted by molar-refractivity contribution is 5.65. The molecule has 0 aliphatic heterocycles. The minimum atomic E-state index is 0.120. The number of para-hydroxylation sites is 1. The molecule has 0 aliphatic rings. The Morgan fingerprint density at radius 3 is 2.58 bits per heavy atom. The standard InChI is InChI=1S/C15H19N3O/c1-10(2)19-13-8-6-5-7-12(13)15-17-11(3)9-14(16-4)18-15/h5-10H,1-4H3,(H,16,17,18). The largest absolute Gasteiger partial charge is 0.490 e. The molecule has 4 heteroatoms. The molecule has 0 unspecified atom stereocenters. The SMILES string of the molecule is CNc1cc(C)nc(-c2ccccc2OC(C)C)n1. The van der Waals surface area contributed by atoms with Gasteiger partial charge in [-0.2, -0.15) is 0 Å². The Labute approximate surface area is 113 Å². The predicted molar refractivity (Wildman–Crippen MR) is 77.5 cm³/mol. The van der Waals surface area contributed by atoms with Crippen molar-refractivity contribution in [3.8, 4) is 17.1 Å². The highest BCUT2D eigenvalue weighted by Crippen LogP contribution is 2.28. The van der Waals surface area contributed by atoms with E-state index in [-0.39, 0.29) is 6.10 Å². The fourth-order valence-corrected chi connectivity index (χ4v) is 1.83. The molecule has 0 atom stereocenters. The summed E-state index contributed by atoms with van der Waals surface area (Å²) in [5, 5.41) is 3.05. The number of hydrogen-bond donors (Lipinski definition) is 1. The molecule has 0 amide bonds. The first-order chi connectivity index (χ1) is 9.10. The minimum Gasteiger partial charge on any atom is -0.490 e. The van der Waals surface area contributed by atoms with E-state index in [1.54, 1.807) is 0 Å². The molecule has 100 valence electrons. The summed E-state index contributed by atoms with van der Waals surface area (Å²) in [5.74, 6) is 2.30. The summed E-state index contributed by atoms with van der Waals surface area (Å²) in [6.45, 7) is 5.97. The highest BCUT2D eigenvalue weighted by atomic mass is 16.5. The molecular weight excluding hydrogens is 238 g/mol. The monoisotopic (exact) mass is 257 g/mol. The predicted octanol–water partition coefficient (Wildman–Crippen LogP) is 3.28. The van der Waals surface area contributed by atoms with Gasteiger partial charge < -0.3 is 10.1 Å². The Hall–Kier alpha value is -2.10. The van der Waals surface area contributed by atoms with E-state index in [2.05, 4.69) is 15.3 Å². The maximum absolute atomic E-state index is 5.81. The maximum atomic E-state index is 5.81. The van der Waals surface area contributed by atoms with Crippen molar-refractivity contribution in [1.29, 1.82) is 0 Å². The van der Waals surface area contributed by atoms with Crippen molar-refractivity contribution in [2.24, 2.45) is 0 Å². The summed E-state index contributed by atoms with van der Waals surface area (Å²) >= 11 is 0. The molecule has 19 heavy (non-hydrogen) atoms. The van der Waals surface area contributed by atoms with E-state index >= 15 is 0 Å². The Balaban J connectivity index is 2.49. The summed E-state index contributed by atoms with van der Waals surface area (Å²) in [7, 11) is 1.85. The number of hydrogen-bond acceptors (Lipinski definition) is 4. The average Bonchev–Trinajstić information content (AvgIpc) is 2.38. The van der Waals surface area contributed by atoms with Crippen molar-refractivity contribution in [2.45, 2.75) is 26.9 Å². The van der Waals surface area contributed by atoms with Crippen LogP contribution in [0, 0.1) is 6.92 Å². The molecule has 0 spiro atoms. The third-order valence-corrected chi connectivity index (χ3v) is 2.60. The van der Waals surface area contributed by atoms with Gasteiger partial charge in [0, 0.05) is 18.8 Å². The lowest BCUT2D eigenvalue weighted by Gasteiger charge is -2.14. The summed E-state index contributed by atoms with van der Waals surface area (Å²) in [4.78, 5) is 8.98. The zero-order valence-corrected chi connectivity index (χ0v) is 11.8. The second kappa shape index (κ2) is 5.69. The molecule has 2 rings (SSSR count). The number of aryl methyl sites for hydroxylation is 1. The summed E-state index contributed by atoms with van der Waals surface area (Å²) in [6, 6.07) is 9.75. The summed E-state index contributed by atoms with van der Waals surface area (Å²) in [5.41, 5.74) is 1.84. The number of ether oxygens (including phenoxy) is 1. The lowest BCUT2D eigenvalue weighted by Crippen LogP contribution is -2.07. The van der Waals surface area contributed by atoms with E-state index in [9.17, 15) is 0 Å². The zero-order chi connectivity index (χ0) is 13.8. The first kappa shape index (κ1) is 13.3. The molecular formula is C15H19N3O. The molecule has 0 radical (unpaired) electrons. The van der Waals surface area contributed by atoms with E-state index in [1.165, 1.54) is 0 Å². The van der Waals surface area contributed by atoms with Crippen LogP contribution in [0.5, 0.6) is 5.75 Å². The second-order valence-electron chi connectivity index (χ2n) is 4.63. The van der Waals surface area contributed by atoms with E-state index in [4.69, 9.17) is 4.74 Å². The lowest BCUT2D eigenvalue weighted by atomic mass is 10.2. The molecule has 0 saturated heterocycles. The van der Waals surface area contributed by atoms with Gasteiger partial charge in [0.05, 0.1) is 11.7 Å². The van der Waals surface area contributed by atoms with Crippen molar-refractivity contribution in [2.75, 3.05) is 12.4 Å². The van der Waals surface area contributed by atoms with Crippen LogP contribution in [0.1, 0.15) is 19.5 Å². The van der Waals surface area contributed by atoms with Gasteiger partial charge in [-0.1, -0.05) is 12.1 Å². The van der Waals surface area contributed by atoms with Gasteiger partial charge >= 0.3 is 0 Å². The quantitative estimate of drug-likeness (QED) is 0.913. The van der Waals surface area contributed by atoms with Gasteiger partial charge in [0.2, 0.25) is 0 Å². The number of nitrogens with one attached hydrogen (secondary N) is 1. The first-order valence-electron chi connectivity index (χ1n) is 6.39. The van der Waals surface area contributed by atoms with Crippen LogP contribution in [-0.4, -0.2) is 23.1 Å². The number of benzene rings is 1. The van der Waals surface area contributed by atoms with Crippen molar-refractivity contribution >= 4 is 5.82 Å². The Kier molecular flexibility index (Phi) is 4.00. The zero-order valence-electron chi connectivity index (χ0n) is 11.8. The van der Waals surface area contributed by atoms with Crippen LogP contribution in [0.2, 0.25) is 0 Å². The highest BCUT2D eigenvalue weighted by Gasteiger charge is 2.11. The Morgan fingerprint density at radius 1 is 1.16 bits per heavy atom. The third-order valence-electron chi connectivity index (χ3n) is 2.60. The maximum Gasteiger partial charge on any atom is 0.165 e. The summed E-state index contributed by atoms with van der Waals surface area (Å²) < 4.78 is 5.81. The number of nitrogens with zero attached hydrogens (tertiary/aromatic N) is 2. The van der Waals surface area contributed by atoms with Gasteiger partial charge in [-0.3, -0.25) is 0 Å². The normalized spacial score (nSPS) is 10.6. The molecule has 1 aromatic heterocycles. The van der Waals surface area contributed by atoms with Gasteiger partial charge in [-0.05, 0) is 32.9 Å². The molecule has 1 heterocycles. The second-order valence-corrected chi connectivity index (χ2v) is 4.63. The molecule has 1 N–H and O–H groups in total. The average molecular weight is 257 g/mol. The van der Waals surface area contributed by atoms with Gasteiger partial charge in [-0.25, -0.2) is 9.97 Å². The third kappa shape index (κ3) is 3.22. The number of anilines is 1. The van der Waals surface area contributed by atoms with Crippen LogP contribution >= 0.6 is 0 Å². The van der Waals surface area contributed by atoms with Crippen molar-refractivity contribution in [1.82, 2.24) is 9.97 Å². The molecule has 4 nitrogen and oxygen atoms in total. The summed E-state index contributed by atoms with van der Waals surface area (Å²) in [6.07, 6.45) is 0.120. The molecule has 2 aromatic rings. The van der Waals surface area contributed by atoms with E-state index in [0.717, 1.165) is 22.8 Å². The van der Waals surface area contributed by atoms with Crippen LogP contribution in [0.4, 0.5) is 5.82 Å². The minimum absolute atomic E-state index is 0.120.